The molecule has 0 fully saturated rings. The Hall–Kier alpha value is -3.69. The predicted molar refractivity (Wildman–Crippen MR) is 131 cm³/mol. The summed E-state index contributed by atoms with van der Waals surface area (Å²) in [5.41, 5.74) is 3.62. The average molecular weight is 530 g/mol. The van der Waals surface area contributed by atoms with Crippen LogP contribution in [0.3, 0.4) is 0 Å². The second kappa shape index (κ2) is 11.3. The number of benzene rings is 3. The first-order valence-electron chi connectivity index (χ1n) is 9.51. The minimum absolute atomic E-state index is 0.168. The number of ether oxygens (including phenoxy) is 1. The quantitative estimate of drug-likeness (QED) is 0.249. The zero-order valence-corrected chi connectivity index (χ0v) is 19.6. The van der Waals surface area contributed by atoms with Crippen molar-refractivity contribution in [2.75, 3.05) is 17.7 Å². The van der Waals surface area contributed by atoms with Crippen molar-refractivity contribution < 1.29 is 19.1 Å². The summed E-state index contributed by atoms with van der Waals surface area (Å²) in [6, 6.07) is 18.1. The number of hydrogen-bond acceptors (Lipinski definition) is 5. The lowest BCUT2D eigenvalue weighted by Crippen LogP contribution is -2.33. The van der Waals surface area contributed by atoms with Gasteiger partial charge in [0.2, 0.25) is 0 Å². The van der Waals surface area contributed by atoms with Crippen LogP contribution in [0.15, 0.2) is 76.3 Å². The maximum absolute atomic E-state index is 12.7. The molecule has 3 amide bonds. The highest BCUT2D eigenvalue weighted by Crippen LogP contribution is 2.21. The van der Waals surface area contributed by atoms with Gasteiger partial charge in [0, 0.05) is 20.7 Å². The average Bonchev–Trinajstić information content (AvgIpc) is 2.81. The second-order valence-corrected chi connectivity index (χ2v) is 7.90. The minimum Gasteiger partial charge on any atom is -0.496 e. The van der Waals surface area contributed by atoms with E-state index in [9.17, 15) is 14.4 Å². The molecule has 3 N–H and O–H groups in total. The number of methoxy groups -OCH3 is 1. The van der Waals surface area contributed by atoms with E-state index in [2.05, 4.69) is 37.1 Å². The van der Waals surface area contributed by atoms with Gasteiger partial charge in [-0.25, -0.2) is 5.43 Å². The summed E-state index contributed by atoms with van der Waals surface area (Å²) in [7, 11) is 1.51. The molecule has 3 rings (SSSR count). The number of nitrogens with one attached hydrogen (secondary N) is 3. The normalized spacial score (nSPS) is 10.5. The van der Waals surface area contributed by atoms with Gasteiger partial charge in [-0.05, 0) is 54.6 Å². The molecule has 0 bridgehead atoms. The van der Waals surface area contributed by atoms with Crippen molar-refractivity contribution in [1.82, 2.24) is 5.43 Å². The molecule has 0 heterocycles. The van der Waals surface area contributed by atoms with Crippen LogP contribution in [0.4, 0.5) is 11.4 Å². The summed E-state index contributed by atoms with van der Waals surface area (Å²) in [6.45, 7) is 0. The van der Waals surface area contributed by atoms with Crippen LogP contribution in [0, 0.1) is 0 Å². The standard InChI is InChI=1S/C23H18BrClN4O4/c1-33-20-11-6-15(24)12-14(20)13-26-29-23(32)22(31)28-19-5-3-2-4-18(19)21(30)27-17-9-7-16(25)8-10-17/h2-13H,1H3,(H,27,30)(H,28,31)(H,29,32)/b26-13+. The molecule has 0 aliphatic heterocycles. The van der Waals surface area contributed by atoms with Gasteiger partial charge in [0.05, 0.1) is 24.6 Å². The fraction of sp³-hybridized carbons (Fsp3) is 0.0435. The highest BCUT2D eigenvalue weighted by molar-refractivity contribution is 9.10. The Kier molecular flexibility index (Phi) is 8.17. The maximum atomic E-state index is 12.7. The van der Waals surface area contributed by atoms with Crippen LogP contribution in [-0.2, 0) is 9.59 Å². The monoisotopic (exact) mass is 528 g/mol. The van der Waals surface area contributed by atoms with Crippen LogP contribution in [0.25, 0.3) is 0 Å². The van der Waals surface area contributed by atoms with Gasteiger partial charge in [-0.15, -0.1) is 0 Å². The first-order valence-corrected chi connectivity index (χ1v) is 10.7. The molecule has 0 saturated heterocycles. The third kappa shape index (κ3) is 6.64. The molecule has 0 atom stereocenters. The van der Waals surface area contributed by atoms with Crippen LogP contribution < -0.4 is 20.8 Å². The molecule has 0 aromatic heterocycles. The fourth-order valence-electron chi connectivity index (χ4n) is 2.72. The van der Waals surface area contributed by atoms with E-state index in [0.29, 0.717) is 22.0 Å². The van der Waals surface area contributed by atoms with E-state index in [-0.39, 0.29) is 11.3 Å². The number of carbonyl (C=O) groups excluding carboxylic acids is 3. The third-order valence-corrected chi connectivity index (χ3v) is 5.03. The van der Waals surface area contributed by atoms with Crippen molar-refractivity contribution in [1.29, 1.82) is 0 Å². The summed E-state index contributed by atoms with van der Waals surface area (Å²) < 4.78 is 6.01. The van der Waals surface area contributed by atoms with Gasteiger partial charge in [0.25, 0.3) is 5.91 Å². The van der Waals surface area contributed by atoms with Crippen molar-refractivity contribution in [3.8, 4) is 5.75 Å². The van der Waals surface area contributed by atoms with Crippen molar-refractivity contribution in [2.24, 2.45) is 5.10 Å². The zero-order chi connectivity index (χ0) is 23.8. The van der Waals surface area contributed by atoms with E-state index in [0.717, 1.165) is 4.47 Å². The molecule has 168 valence electrons. The van der Waals surface area contributed by atoms with Gasteiger partial charge in [0.1, 0.15) is 5.75 Å². The van der Waals surface area contributed by atoms with Crippen molar-refractivity contribution >= 4 is 62.8 Å². The number of carbonyl (C=O) groups is 3. The first kappa shape index (κ1) is 24.0. The predicted octanol–water partition coefficient (Wildman–Crippen LogP) is 4.45. The Labute approximate surface area is 203 Å². The summed E-state index contributed by atoms with van der Waals surface area (Å²) in [5.74, 6) is -1.91. The molecule has 8 nitrogen and oxygen atoms in total. The van der Waals surface area contributed by atoms with Gasteiger partial charge in [-0.1, -0.05) is 39.7 Å². The van der Waals surface area contributed by atoms with E-state index in [4.69, 9.17) is 16.3 Å². The van der Waals surface area contributed by atoms with Crippen LogP contribution in [0.1, 0.15) is 15.9 Å². The molecule has 33 heavy (non-hydrogen) atoms. The third-order valence-electron chi connectivity index (χ3n) is 4.29. The van der Waals surface area contributed by atoms with E-state index in [1.165, 1.54) is 25.5 Å². The van der Waals surface area contributed by atoms with Gasteiger partial charge >= 0.3 is 11.8 Å². The number of amides is 3. The second-order valence-electron chi connectivity index (χ2n) is 6.55. The zero-order valence-electron chi connectivity index (χ0n) is 17.3. The van der Waals surface area contributed by atoms with Gasteiger partial charge in [0.15, 0.2) is 0 Å². The van der Waals surface area contributed by atoms with Crippen molar-refractivity contribution in [3.05, 3.63) is 87.4 Å². The van der Waals surface area contributed by atoms with Gasteiger partial charge < -0.3 is 15.4 Å². The van der Waals surface area contributed by atoms with Gasteiger partial charge in [-0.3, -0.25) is 14.4 Å². The van der Waals surface area contributed by atoms with E-state index < -0.39 is 17.7 Å². The Morgan fingerprint density at radius 1 is 0.970 bits per heavy atom. The molecule has 0 radical (unpaired) electrons. The highest BCUT2D eigenvalue weighted by Gasteiger charge is 2.18. The Morgan fingerprint density at radius 2 is 1.70 bits per heavy atom. The molecule has 0 aliphatic carbocycles. The Balaban J connectivity index is 1.65. The lowest BCUT2D eigenvalue weighted by molar-refractivity contribution is -0.136. The number of para-hydroxylation sites is 1. The van der Waals surface area contributed by atoms with E-state index in [1.54, 1.807) is 54.6 Å². The molecule has 3 aromatic rings. The minimum atomic E-state index is -1.01. The maximum Gasteiger partial charge on any atom is 0.329 e. The SMILES string of the molecule is COc1ccc(Br)cc1/C=N/NC(=O)C(=O)Nc1ccccc1C(=O)Nc1ccc(Cl)cc1. The Bertz CT molecular complexity index is 1220. The summed E-state index contributed by atoms with van der Waals surface area (Å²) in [6.07, 6.45) is 1.35. The van der Waals surface area contributed by atoms with Crippen LogP contribution in [0.5, 0.6) is 5.75 Å². The number of rotatable bonds is 6. The lowest BCUT2D eigenvalue weighted by Gasteiger charge is -2.11. The fourth-order valence-corrected chi connectivity index (χ4v) is 3.22. The topological polar surface area (TPSA) is 109 Å². The highest BCUT2D eigenvalue weighted by atomic mass is 79.9. The largest absolute Gasteiger partial charge is 0.496 e. The molecule has 0 aliphatic rings. The number of nitrogens with zero attached hydrogens (tertiary/aromatic N) is 1. The first-order chi connectivity index (χ1) is 15.9. The number of anilines is 2. The number of hydrazone groups is 1. The number of hydrogen-bond donors (Lipinski definition) is 3. The molecule has 10 heteroatoms. The molecular formula is C23H18BrClN4O4. The molecule has 0 spiro atoms. The summed E-state index contributed by atoms with van der Waals surface area (Å²) in [4.78, 5) is 37.2. The van der Waals surface area contributed by atoms with Gasteiger partial charge in [-0.2, -0.15) is 5.10 Å². The summed E-state index contributed by atoms with van der Waals surface area (Å²) >= 11 is 9.20. The van der Waals surface area contributed by atoms with Crippen LogP contribution in [-0.4, -0.2) is 31.0 Å². The molecular weight excluding hydrogens is 512 g/mol. The van der Waals surface area contributed by atoms with Crippen molar-refractivity contribution in [2.45, 2.75) is 0 Å². The summed E-state index contributed by atoms with van der Waals surface area (Å²) in [5, 5.41) is 9.47. The lowest BCUT2D eigenvalue weighted by atomic mass is 10.1. The van der Waals surface area contributed by atoms with E-state index in [1.807, 2.05) is 0 Å². The van der Waals surface area contributed by atoms with Crippen LogP contribution >= 0.6 is 27.5 Å². The van der Waals surface area contributed by atoms with E-state index >= 15 is 0 Å². The Morgan fingerprint density at radius 3 is 2.42 bits per heavy atom. The number of halogens is 2. The molecule has 0 unspecified atom stereocenters. The smallest absolute Gasteiger partial charge is 0.329 e. The molecule has 0 saturated carbocycles. The van der Waals surface area contributed by atoms with Crippen LogP contribution in [0.2, 0.25) is 5.02 Å². The van der Waals surface area contributed by atoms with Crippen molar-refractivity contribution in [3.63, 3.8) is 0 Å². The molecule has 3 aromatic carbocycles.